The Kier molecular flexibility index (Phi) is 5.98. The largest absolute Gasteiger partial charge is 0.486 e. The Balaban J connectivity index is 1.59. The summed E-state index contributed by atoms with van der Waals surface area (Å²) in [6.45, 7) is 2.47. The molecule has 0 saturated carbocycles. The first-order valence-corrected chi connectivity index (χ1v) is 10.3. The molecule has 0 spiro atoms. The molecular weight excluding hydrogens is 431 g/mol. The Morgan fingerprint density at radius 3 is 2.66 bits per heavy atom. The molecule has 1 aromatic carbocycles. The number of carbonyl (C=O) groups excluding carboxylic acids is 2. The molecule has 2 aliphatic heterocycles. The zero-order chi connectivity index (χ0) is 22.9. The van der Waals surface area contributed by atoms with Gasteiger partial charge in [0.25, 0.3) is 5.91 Å². The number of amides is 1. The Labute approximate surface area is 181 Å². The number of hydrogen-bond donors (Lipinski definition) is 0. The third-order valence-electron chi connectivity index (χ3n) is 5.29. The standard InChI is InChI=1S/C21H22F3N3O5/c1-2-30-20(29)18-14-12-26(7-5-15(14)27(25-18)8-6-21(22,23)24)19(28)13-3-4-16-17(11-13)32-10-9-31-16/h3-4,11H,2,5-10,12H2,1H3. The van der Waals surface area contributed by atoms with Crippen LogP contribution in [0.25, 0.3) is 0 Å². The van der Waals surface area contributed by atoms with Crippen molar-refractivity contribution in [2.75, 3.05) is 26.4 Å². The van der Waals surface area contributed by atoms with Crippen LogP contribution < -0.4 is 9.47 Å². The van der Waals surface area contributed by atoms with Crippen LogP contribution in [-0.4, -0.2) is 59.1 Å². The van der Waals surface area contributed by atoms with Crippen LogP contribution in [0, 0.1) is 0 Å². The van der Waals surface area contributed by atoms with E-state index in [2.05, 4.69) is 5.10 Å². The van der Waals surface area contributed by atoms with Crippen molar-refractivity contribution in [1.82, 2.24) is 14.7 Å². The summed E-state index contributed by atoms with van der Waals surface area (Å²) in [5.41, 5.74) is 1.27. The Hall–Kier alpha value is -3.24. The summed E-state index contributed by atoms with van der Waals surface area (Å²) in [4.78, 5) is 27.0. The number of nitrogens with zero attached hydrogens (tertiary/aromatic N) is 3. The molecule has 32 heavy (non-hydrogen) atoms. The van der Waals surface area contributed by atoms with Crippen molar-refractivity contribution in [2.24, 2.45) is 0 Å². The summed E-state index contributed by atoms with van der Waals surface area (Å²) in [5, 5.41) is 4.11. The van der Waals surface area contributed by atoms with Crippen LogP contribution >= 0.6 is 0 Å². The summed E-state index contributed by atoms with van der Waals surface area (Å²) in [5.74, 6) is 0.0323. The molecule has 0 fully saturated rings. The molecule has 2 aromatic rings. The summed E-state index contributed by atoms with van der Waals surface area (Å²) < 4.78 is 55.4. The van der Waals surface area contributed by atoms with Crippen molar-refractivity contribution in [3.63, 3.8) is 0 Å². The third kappa shape index (κ3) is 4.51. The number of aromatic nitrogens is 2. The second kappa shape index (κ2) is 8.71. The summed E-state index contributed by atoms with van der Waals surface area (Å²) in [7, 11) is 0. The van der Waals surface area contributed by atoms with Gasteiger partial charge in [-0.15, -0.1) is 0 Å². The van der Waals surface area contributed by atoms with E-state index in [4.69, 9.17) is 14.2 Å². The number of benzene rings is 1. The molecule has 0 unspecified atom stereocenters. The van der Waals surface area contributed by atoms with Gasteiger partial charge >= 0.3 is 12.1 Å². The van der Waals surface area contributed by atoms with E-state index in [1.54, 1.807) is 25.1 Å². The molecule has 0 N–H and O–H groups in total. The lowest BCUT2D eigenvalue weighted by atomic mass is 10.0. The fraction of sp³-hybridized carbons (Fsp3) is 0.476. The van der Waals surface area contributed by atoms with E-state index < -0.39 is 25.1 Å². The normalized spacial score (nSPS) is 15.3. The minimum absolute atomic E-state index is 0.0444. The zero-order valence-corrected chi connectivity index (χ0v) is 17.4. The van der Waals surface area contributed by atoms with Gasteiger partial charge in [0.05, 0.1) is 19.6 Å². The molecule has 0 atom stereocenters. The van der Waals surface area contributed by atoms with E-state index in [1.165, 1.54) is 9.58 Å². The van der Waals surface area contributed by atoms with Crippen molar-refractivity contribution in [3.8, 4) is 11.5 Å². The molecule has 0 saturated heterocycles. The number of rotatable bonds is 5. The van der Waals surface area contributed by atoms with E-state index in [9.17, 15) is 22.8 Å². The molecule has 8 nitrogen and oxygen atoms in total. The molecular formula is C21H22F3N3O5. The smallest absolute Gasteiger partial charge is 0.390 e. The number of esters is 1. The highest BCUT2D eigenvalue weighted by Gasteiger charge is 2.33. The molecule has 4 rings (SSSR count). The number of halogens is 3. The van der Waals surface area contributed by atoms with Gasteiger partial charge in [-0.25, -0.2) is 4.79 Å². The number of carbonyl (C=O) groups is 2. The van der Waals surface area contributed by atoms with Crippen LogP contribution in [0.2, 0.25) is 0 Å². The van der Waals surface area contributed by atoms with Gasteiger partial charge in [-0.05, 0) is 25.1 Å². The Bertz CT molecular complexity index is 1030. The summed E-state index contributed by atoms with van der Waals surface area (Å²) in [6.07, 6.45) is -5.14. The van der Waals surface area contributed by atoms with Gasteiger partial charge in [0.1, 0.15) is 13.2 Å². The van der Waals surface area contributed by atoms with Crippen LogP contribution in [0.3, 0.4) is 0 Å². The summed E-state index contributed by atoms with van der Waals surface area (Å²) >= 11 is 0. The van der Waals surface area contributed by atoms with Crippen molar-refractivity contribution in [1.29, 1.82) is 0 Å². The second-order valence-corrected chi connectivity index (χ2v) is 7.42. The maximum atomic E-state index is 13.1. The molecule has 172 valence electrons. The molecule has 0 bridgehead atoms. The van der Waals surface area contributed by atoms with E-state index >= 15 is 0 Å². The van der Waals surface area contributed by atoms with E-state index in [-0.39, 0.29) is 37.7 Å². The molecule has 0 aliphatic carbocycles. The first-order chi connectivity index (χ1) is 15.3. The minimum atomic E-state index is -4.35. The van der Waals surface area contributed by atoms with Gasteiger partial charge < -0.3 is 19.1 Å². The number of hydrogen-bond acceptors (Lipinski definition) is 6. The number of ether oxygens (including phenoxy) is 3. The fourth-order valence-corrected chi connectivity index (χ4v) is 3.80. The lowest BCUT2D eigenvalue weighted by molar-refractivity contribution is -0.137. The van der Waals surface area contributed by atoms with Crippen molar-refractivity contribution >= 4 is 11.9 Å². The molecule has 3 heterocycles. The maximum Gasteiger partial charge on any atom is 0.390 e. The quantitative estimate of drug-likeness (QED) is 0.648. The first kappa shape index (κ1) is 22.0. The highest BCUT2D eigenvalue weighted by Crippen LogP contribution is 2.32. The Morgan fingerprint density at radius 1 is 1.19 bits per heavy atom. The highest BCUT2D eigenvalue weighted by molar-refractivity contribution is 5.95. The molecule has 1 aromatic heterocycles. The van der Waals surface area contributed by atoms with Crippen molar-refractivity contribution in [2.45, 2.75) is 39.0 Å². The van der Waals surface area contributed by atoms with Gasteiger partial charge in [0.15, 0.2) is 17.2 Å². The predicted molar refractivity (Wildman–Crippen MR) is 105 cm³/mol. The molecule has 1 amide bonds. The van der Waals surface area contributed by atoms with E-state index in [0.29, 0.717) is 41.5 Å². The predicted octanol–water partition coefficient (Wildman–Crippen LogP) is 2.98. The van der Waals surface area contributed by atoms with Gasteiger partial charge in [0.2, 0.25) is 0 Å². The average molecular weight is 453 g/mol. The van der Waals surface area contributed by atoms with E-state index in [1.807, 2.05) is 0 Å². The monoisotopic (exact) mass is 453 g/mol. The zero-order valence-electron chi connectivity index (χ0n) is 17.4. The maximum absolute atomic E-state index is 13.1. The van der Waals surface area contributed by atoms with Crippen LogP contribution in [-0.2, 0) is 24.2 Å². The van der Waals surface area contributed by atoms with Crippen LogP contribution in [0.5, 0.6) is 11.5 Å². The first-order valence-electron chi connectivity index (χ1n) is 10.3. The number of alkyl halides is 3. The molecule has 0 radical (unpaired) electrons. The van der Waals surface area contributed by atoms with Crippen molar-refractivity contribution < 1.29 is 37.0 Å². The lowest BCUT2D eigenvalue weighted by Crippen LogP contribution is -2.37. The van der Waals surface area contributed by atoms with Gasteiger partial charge in [-0.3, -0.25) is 9.48 Å². The minimum Gasteiger partial charge on any atom is -0.486 e. The van der Waals surface area contributed by atoms with Gasteiger partial charge in [0, 0.05) is 36.3 Å². The summed E-state index contributed by atoms with van der Waals surface area (Å²) in [6, 6.07) is 4.89. The van der Waals surface area contributed by atoms with Crippen LogP contribution in [0.4, 0.5) is 13.2 Å². The van der Waals surface area contributed by atoms with Crippen LogP contribution in [0.1, 0.15) is 45.4 Å². The third-order valence-corrected chi connectivity index (χ3v) is 5.29. The number of fused-ring (bicyclic) bond motifs is 2. The highest BCUT2D eigenvalue weighted by atomic mass is 19.4. The van der Waals surface area contributed by atoms with Crippen molar-refractivity contribution in [3.05, 3.63) is 40.7 Å². The van der Waals surface area contributed by atoms with E-state index in [0.717, 1.165) is 0 Å². The fourth-order valence-electron chi connectivity index (χ4n) is 3.80. The van der Waals surface area contributed by atoms with Gasteiger partial charge in [-0.1, -0.05) is 0 Å². The number of aryl methyl sites for hydroxylation is 1. The lowest BCUT2D eigenvalue weighted by Gasteiger charge is -2.28. The SMILES string of the molecule is CCOC(=O)c1nn(CCC(F)(F)F)c2c1CN(C(=O)c1ccc3c(c1)OCCO3)CC2. The van der Waals surface area contributed by atoms with Gasteiger partial charge in [-0.2, -0.15) is 18.3 Å². The molecule has 2 aliphatic rings. The second-order valence-electron chi connectivity index (χ2n) is 7.42. The average Bonchev–Trinajstić information content (AvgIpc) is 3.14. The topological polar surface area (TPSA) is 82.9 Å². The Morgan fingerprint density at radius 2 is 1.94 bits per heavy atom. The van der Waals surface area contributed by atoms with Crippen LogP contribution in [0.15, 0.2) is 18.2 Å². The molecule has 11 heteroatoms.